The second-order valence-corrected chi connectivity index (χ2v) is 11.9. The van der Waals surface area contributed by atoms with Crippen LogP contribution >= 0.6 is 23.2 Å². The smallest absolute Gasteiger partial charge is 0.263 e. The number of anilines is 1. The van der Waals surface area contributed by atoms with Crippen molar-refractivity contribution in [2.75, 3.05) is 19.0 Å². The molecule has 0 aliphatic carbocycles. The number of hydrogen-bond donors (Lipinski definition) is 1. The third kappa shape index (κ3) is 5.99. The molecule has 0 saturated carbocycles. The summed E-state index contributed by atoms with van der Waals surface area (Å²) in [5.74, 6) is -0.121. The molecular weight excluding hydrogens is 627 g/mol. The molecule has 5 aromatic rings. The largest absolute Gasteiger partial charge is 0.355 e. The summed E-state index contributed by atoms with van der Waals surface area (Å²) in [5.41, 5.74) is 3.65. The number of carbonyl (C=O) groups excluding carboxylic acids is 2. The summed E-state index contributed by atoms with van der Waals surface area (Å²) in [5, 5.41) is 12.3. The molecule has 3 aromatic carbocycles. The van der Waals surface area contributed by atoms with Gasteiger partial charge in [0.2, 0.25) is 5.95 Å². The molecule has 0 radical (unpaired) electrons. The van der Waals surface area contributed by atoms with Crippen molar-refractivity contribution in [3.05, 3.63) is 127 Å². The van der Waals surface area contributed by atoms with E-state index in [-0.39, 0.29) is 41.5 Å². The summed E-state index contributed by atoms with van der Waals surface area (Å²) in [6.45, 7) is 2.32. The minimum absolute atomic E-state index is 0.131. The van der Waals surface area contributed by atoms with E-state index in [0.717, 1.165) is 5.69 Å². The van der Waals surface area contributed by atoms with Gasteiger partial charge in [-0.2, -0.15) is 15.0 Å². The Labute approximate surface area is 275 Å². The number of fused-ring (bicyclic) bond motifs is 1. The number of nitrogens with one attached hydrogen (secondary N) is 1. The van der Waals surface area contributed by atoms with Gasteiger partial charge in [-0.25, -0.2) is 9.55 Å². The van der Waals surface area contributed by atoms with Gasteiger partial charge in [0.15, 0.2) is 0 Å². The van der Waals surface area contributed by atoms with Crippen LogP contribution in [0.25, 0.3) is 11.4 Å². The molecule has 0 fully saturated rings. The lowest BCUT2D eigenvalue weighted by Crippen LogP contribution is -2.46. The number of carbonyl (C=O) groups is 2. The first-order valence-electron chi connectivity index (χ1n) is 14.6. The number of para-hydroxylation sites is 1. The molecule has 0 bridgehead atoms. The van der Waals surface area contributed by atoms with Crippen molar-refractivity contribution in [3.8, 4) is 11.4 Å². The van der Waals surface area contributed by atoms with E-state index in [0.29, 0.717) is 51.2 Å². The maximum Gasteiger partial charge on any atom is 0.263 e. The van der Waals surface area contributed by atoms with Crippen LogP contribution in [0.15, 0.2) is 83.8 Å². The molecule has 0 unspecified atom stereocenters. The van der Waals surface area contributed by atoms with Crippen LogP contribution in [0, 0.1) is 0 Å². The molecule has 0 saturated heterocycles. The first-order chi connectivity index (χ1) is 22.1. The highest BCUT2D eigenvalue weighted by Gasteiger charge is 2.32. The Morgan fingerprint density at radius 3 is 2.39 bits per heavy atom. The molecule has 2 amide bonds. The van der Waals surface area contributed by atoms with Gasteiger partial charge in [0.1, 0.15) is 5.69 Å². The summed E-state index contributed by atoms with van der Waals surface area (Å²) in [6, 6.07) is 20.8. The summed E-state index contributed by atoms with van der Waals surface area (Å²) >= 11 is 12.3. The maximum absolute atomic E-state index is 14.3. The van der Waals surface area contributed by atoms with Crippen molar-refractivity contribution in [1.29, 1.82) is 0 Å². The van der Waals surface area contributed by atoms with Crippen LogP contribution in [-0.2, 0) is 19.5 Å². The highest BCUT2D eigenvalue weighted by molar-refractivity contribution is 6.42. The number of hydrogen-bond acceptors (Lipinski definition) is 7. The van der Waals surface area contributed by atoms with Crippen molar-refractivity contribution < 1.29 is 9.59 Å². The Morgan fingerprint density at radius 1 is 0.978 bits per heavy atom. The van der Waals surface area contributed by atoms with Gasteiger partial charge in [0, 0.05) is 36.8 Å². The topological polar surface area (TPSA) is 118 Å². The average molecular weight is 658 g/mol. The molecule has 1 aliphatic heterocycles. The number of aromatic nitrogens is 5. The Bertz CT molecular complexity index is 1990. The Hall–Kier alpha value is -5.00. The van der Waals surface area contributed by atoms with Crippen molar-refractivity contribution in [1.82, 2.24) is 34.8 Å². The monoisotopic (exact) mass is 656 g/mol. The van der Waals surface area contributed by atoms with Crippen LogP contribution in [0.1, 0.15) is 44.6 Å². The van der Waals surface area contributed by atoms with E-state index in [1.807, 2.05) is 49.2 Å². The molecule has 1 atom stereocenters. The van der Waals surface area contributed by atoms with E-state index in [1.165, 1.54) is 4.57 Å². The molecule has 46 heavy (non-hydrogen) atoms. The molecule has 2 aromatic heterocycles. The maximum atomic E-state index is 14.3. The van der Waals surface area contributed by atoms with Crippen LogP contribution in [-0.4, -0.2) is 61.4 Å². The first-order valence-corrected chi connectivity index (χ1v) is 15.3. The Balaban J connectivity index is 1.40. The molecule has 1 N–H and O–H groups in total. The van der Waals surface area contributed by atoms with Crippen molar-refractivity contribution in [2.45, 2.75) is 32.5 Å². The number of amides is 2. The van der Waals surface area contributed by atoms with E-state index in [4.69, 9.17) is 28.2 Å². The molecule has 6 rings (SSSR count). The predicted molar refractivity (Wildman–Crippen MR) is 176 cm³/mol. The SMILES string of the molecule is CNC(=O)c1ccc(-n2c(N(C)Cc3cnn(-c4ccccc4)n3)nc3c(c2=O)C[C@@H](C)N(C(=O)c2ccc(Cl)c(Cl)c2)C3)cc1. The molecule has 11 nitrogen and oxygen atoms in total. The van der Waals surface area contributed by atoms with Crippen LogP contribution in [0.4, 0.5) is 5.95 Å². The Morgan fingerprint density at radius 2 is 1.70 bits per heavy atom. The standard InChI is InChI=1S/C33H30Cl2N8O3/c1-20-15-26-29(19-41(20)31(45)22-11-14-27(34)28(35)16-22)38-33(42(32(26)46)24-12-9-21(10-13-24)30(44)36-2)40(3)18-23-17-37-43(39-23)25-7-5-4-6-8-25/h4-14,16-17,20H,15,18-19H2,1-3H3,(H,36,44)/t20-/m1/s1. The molecule has 234 valence electrons. The number of nitrogens with zero attached hydrogens (tertiary/aromatic N) is 7. The van der Waals surface area contributed by atoms with E-state index < -0.39 is 0 Å². The summed E-state index contributed by atoms with van der Waals surface area (Å²) < 4.78 is 1.54. The second-order valence-electron chi connectivity index (χ2n) is 11.0. The van der Waals surface area contributed by atoms with Crippen LogP contribution in [0.5, 0.6) is 0 Å². The minimum atomic E-state index is -0.287. The normalized spacial score (nSPS) is 14.1. The van der Waals surface area contributed by atoms with Crippen molar-refractivity contribution in [3.63, 3.8) is 0 Å². The summed E-state index contributed by atoms with van der Waals surface area (Å²) in [7, 11) is 3.38. The van der Waals surface area contributed by atoms with Gasteiger partial charge in [-0.3, -0.25) is 14.4 Å². The van der Waals surface area contributed by atoms with E-state index in [1.54, 1.807) is 65.4 Å². The highest BCUT2D eigenvalue weighted by atomic mass is 35.5. The molecule has 13 heteroatoms. The predicted octanol–water partition coefficient (Wildman–Crippen LogP) is 4.70. The lowest BCUT2D eigenvalue weighted by Gasteiger charge is -2.35. The lowest BCUT2D eigenvalue weighted by molar-refractivity contribution is 0.0653. The van der Waals surface area contributed by atoms with Crippen LogP contribution in [0.3, 0.4) is 0 Å². The lowest BCUT2D eigenvalue weighted by atomic mass is 9.98. The molecule has 1 aliphatic rings. The van der Waals surface area contributed by atoms with Gasteiger partial charge in [0.05, 0.1) is 46.4 Å². The van der Waals surface area contributed by atoms with Crippen LogP contribution < -0.4 is 15.8 Å². The zero-order valence-corrected chi connectivity index (χ0v) is 26.8. The minimum Gasteiger partial charge on any atom is -0.355 e. The van der Waals surface area contributed by atoms with E-state index in [2.05, 4.69) is 15.5 Å². The van der Waals surface area contributed by atoms with Gasteiger partial charge in [0.25, 0.3) is 17.4 Å². The zero-order valence-electron chi connectivity index (χ0n) is 25.3. The first kappa shape index (κ1) is 31.0. The third-order valence-electron chi connectivity index (χ3n) is 7.91. The van der Waals surface area contributed by atoms with Crippen LogP contribution in [0.2, 0.25) is 10.0 Å². The third-order valence-corrected chi connectivity index (χ3v) is 8.64. The molecular formula is C33H30Cl2N8O3. The number of benzene rings is 3. The molecule has 0 spiro atoms. The van der Waals surface area contributed by atoms with Gasteiger partial charge >= 0.3 is 0 Å². The number of rotatable bonds is 7. The van der Waals surface area contributed by atoms with Gasteiger partial charge in [-0.05, 0) is 67.9 Å². The fraction of sp³-hybridized carbons (Fsp3) is 0.212. The fourth-order valence-corrected chi connectivity index (χ4v) is 5.77. The second kappa shape index (κ2) is 12.8. The zero-order chi connectivity index (χ0) is 32.5. The molecule has 3 heterocycles. The summed E-state index contributed by atoms with van der Waals surface area (Å²) in [4.78, 5) is 50.1. The van der Waals surface area contributed by atoms with E-state index in [9.17, 15) is 14.4 Å². The highest BCUT2D eigenvalue weighted by Crippen LogP contribution is 2.28. The number of halogens is 2. The Kier molecular flexibility index (Phi) is 8.61. The van der Waals surface area contributed by atoms with E-state index >= 15 is 0 Å². The summed E-state index contributed by atoms with van der Waals surface area (Å²) in [6.07, 6.45) is 1.97. The van der Waals surface area contributed by atoms with Crippen molar-refractivity contribution >= 4 is 41.0 Å². The van der Waals surface area contributed by atoms with Gasteiger partial charge in [-0.15, -0.1) is 0 Å². The van der Waals surface area contributed by atoms with Crippen molar-refractivity contribution in [2.24, 2.45) is 0 Å². The van der Waals surface area contributed by atoms with Gasteiger partial charge in [-0.1, -0.05) is 41.4 Å². The average Bonchev–Trinajstić information content (AvgIpc) is 3.54. The quantitative estimate of drug-likeness (QED) is 0.270. The fourth-order valence-electron chi connectivity index (χ4n) is 5.47. The van der Waals surface area contributed by atoms with Gasteiger partial charge < -0.3 is 15.1 Å².